The van der Waals surface area contributed by atoms with Gasteiger partial charge in [0, 0.05) is 6.54 Å². The average Bonchev–Trinajstić information content (AvgIpc) is 3.12. The van der Waals surface area contributed by atoms with Crippen LogP contribution in [0.3, 0.4) is 0 Å². The lowest BCUT2D eigenvalue weighted by Gasteiger charge is -2.16. The van der Waals surface area contributed by atoms with E-state index in [1.54, 1.807) is 26.4 Å². The quantitative estimate of drug-likeness (QED) is 0.550. The molecule has 1 atom stereocenters. The molecule has 4 aromatic rings. The summed E-state index contributed by atoms with van der Waals surface area (Å²) in [5.74, 6) is 1.79. The van der Waals surface area contributed by atoms with Gasteiger partial charge in [-0.2, -0.15) is 0 Å². The fourth-order valence-electron chi connectivity index (χ4n) is 3.41. The van der Waals surface area contributed by atoms with Crippen molar-refractivity contribution in [3.05, 3.63) is 89.7 Å². The summed E-state index contributed by atoms with van der Waals surface area (Å²) in [4.78, 5) is 4.72. The number of aliphatic hydroxyl groups is 1. The zero-order valence-electron chi connectivity index (χ0n) is 15.9. The molecular weight excluding hydrogens is 352 g/mol. The molecule has 0 amide bonds. The van der Waals surface area contributed by atoms with Crippen molar-refractivity contribution in [2.24, 2.45) is 0 Å². The van der Waals surface area contributed by atoms with Crippen LogP contribution < -0.4 is 9.47 Å². The summed E-state index contributed by atoms with van der Waals surface area (Å²) in [6.07, 6.45) is -0.893. The van der Waals surface area contributed by atoms with Gasteiger partial charge in [0.05, 0.1) is 25.3 Å². The second kappa shape index (κ2) is 7.74. The Hall–Kier alpha value is -3.31. The van der Waals surface area contributed by atoms with Gasteiger partial charge in [0.25, 0.3) is 0 Å². The minimum atomic E-state index is -0.893. The van der Waals surface area contributed by atoms with Crippen LogP contribution >= 0.6 is 0 Å². The maximum Gasteiger partial charge on any atom is 0.161 e. The Balaban J connectivity index is 1.80. The van der Waals surface area contributed by atoms with Crippen LogP contribution in [0.15, 0.2) is 72.8 Å². The van der Waals surface area contributed by atoms with Crippen molar-refractivity contribution < 1.29 is 14.6 Å². The van der Waals surface area contributed by atoms with Gasteiger partial charge in [-0.25, -0.2) is 4.98 Å². The Labute approximate surface area is 163 Å². The maximum atomic E-state index is 11.2. The van der Waals surface area contributed by atoms with Gasteiger partial charge in [-0.05, 0) is 35.4 Å². The van der Waals surface area contributed by atoms with E-state index in [1.807, 2.05) is 48.5 Å². The first-order valence-electron chi connectivity index (χ1n) is 9.10. The number of rotatable bonds is 6. The van der Waals surface area contributed by atoms with Crippen LogP contribution in [0.5, 0.6) is 11.5 Å². The highest BCUT2D eigenvalue weighted by molar-refractivity contribution is 5.76. The zero-order chi connectivity index (χ0) is 19.5. The van der Waals surface area contributed by atoms with Gasteiger partial charge in [-0.15, -0.1) is 0 Å². The third-order valence-electron chi connectivity index (χ3n) is 4.84. The van der Waals surface area contributed by atoms with Crippen molar-refractivity contribution >= 4 is 11.0 Å². The third kappa shape index (κ3) is 3.32. The Bertz CT molecular complexity index is 1090. The predicted molar refractivity (Wildman–Crippen MR) is 109 cm³/mol. The third-order valence-corrected chi connectivity index (χ3v) is 4.84. The van der Waals surface area contributed by atoms with Crippen LogP contribution in [-0.2, 0) is 6.54 Å². The van der Waals surface area contributed by atoms with Crippen LogP contribution in [0.4, 0.5) is 0 Å². The van der Waals surface area contributed by atoms with Crippen molar-refractivity contribution in [1.82, 2.24) is 9.55 Å². The van der Waals surface area contributed by atoms with Crippen molar-refractivity contribution in [3.63, 3.8) is 0 Å². The number of ether oxygens (including phenoxy) is 2. The lowest BCUT2D eigenvalue weighted by atomic mass is 10.1. The van der Waals surface area contributed by atoms with Crippen LogP contribution in [0.1, 0.15) is 23.1 Å². The molecule has 0 fully saturated rings. The van der Waals surface area contributed by atoms with Crippen LogP contribution in [0.25, 0.3) is 11.0 Å². The monoisotopic (exact) mass is 374 g/mol. The minimum absolute atomic E-state index is 0.574. The topological polar surface area (TPSA) is 56.5 Å². The Morgan fingerprint density at radius 1 is 0.893 bits per heavy atom. The molecule has 3 aromatic carbocycles. The summed E-state index contributed by atoms with van der Waals surface area (Å²) in [7, 11) is 3.17. The van der Waals surface area contributed by atoms with E-state index in [0.717, 1.165) is 16.6 Å². The summed E-state index contributed by atoms with van der Waals surface area (Å²) >= 11 is 0. The van der Waals surface area contributed by atoms with Crippen LogP contribution in [-0.4, -0.2) is 28.9 Å². The number of hydrogen-bond acceptors (Lipinski definition) is 4. The van der Waals surface area contributed by atoms with Gasteiger partial charge >= 0.3 is 0 Å². The Morgan fingerprint density at radius 3 is 2.36 bits per heavy atom. The average molecular weight is 374 g/mol. The number of fused-ring (bicyclic) bond motifs is 1. The van der Waals surface area contributed by atoms with Gasteiger partial charge in [-0.3, -0.25) is 0 Å². The molecule has 28 heavy (non-hydrogen) atoms. The van der Waals surface area contributed by atoms with E-state index in [1.165, 1.54) is 0 Å². The number of hydrogen-bond donors (Lipinski definition) is 1. The van der Waals surface area contributed by atoms with E-state index in [2.05, 4.69) is 16.7 Å². The van der Waals surface area contributed by atoms with Crippen molar-refractivity contribution in [2.45, 2.75) is 12.6 Å². The molecule has 0 aliphatic carbocycles. The first-order valence-corrected chi connectivity index (χ1v) is 9.10. The summed E-state index contributed by atoms with van der Waals surface area (Å²) in [6.45, 7) is 0.626. The number of aliphatic hydroxyl groups excluding tert-OH is 1. The number of methoxy groups -OCH3 is 2. The van der Waals surface area contributed by atoms with Crippen molar-refractivity contribution in [3.8, 4) is 11.5 Å². The second-order valence-electron chi connectivity index (χ2n) is 6.55. The van der Waals surface area contributed by atoms with Gasteiger partial charge in [0.15, 0.2) is 11.5 Å². The van der Waals surface area contributed by atoms with E-state index in [9.17, 15) is 5.11 Å². The molecule has 0 aliphatic heterocycles. The number of benzene rings is 3. The molecule has 0 aliphatic rings. The molecule has 142 valence electrons. The summed E-state index contributed by atoms with van der Waals surface area (Å²) in [5, 5.41) is 11.2. The first-order chi connectivity index (χ1) is 13.7. The van der Waals surface area contributed by atoms with Crippen LogP contribution in [0, 0.1) is 0 Å². The summed E-state index contributed by atoms with van der Waals surface area (Å²) in [6, 6.07) is 23.5. The van der Waals surface area contributed by atoms with Gasteiger partial charge in [0.1, 0.15) is 11.9 Å². The molecule has 0 radical (unpaired) electrons. The largest absolute Gasteiger partial charge is 0.493 e. The Morgan fingerprint density at radius 2 is 1.61 bits per heavy atom. The number of aromatic nitrogens is 2. The normalized spacial score (nSPS) is 12.1. The van der Waals surface area contributed by atoms with E-state index in [-0.39, 0.29) is 0 Å². The molecule has 4 rings (SSSR count). The SMILES string of the molecule is COc1ccc([C@H](O)c2nc3ccccc3n2Cc2ccccc2)cc1OC. The number of nitrogens with zero attached hydrogens (tertiary/aromatic N) is 2. The highest BCUT2D eigenvalue weighted by Crippen LogP contribution is 2.33. The minimum Gasteiger partial charge on any atom is -0.493 e. The molecule has 5 heteroatoms. The predicted octanol–water partition coefficient (Wildman–Crippen LogP) is 4.18. The number of para-hydroxylation sites is 2. The molecule has 0 unspecified atom stereocenters. The van der Waals surface area contributed by atoms with Crippen molar-refractivity contribution in [2.75, 3.05) is 14.2 Å². The van der Waals surface area contributed by atoms with E-state index >= 15 is 0 Å². The highest BCUT2D eigenvalue weighted by Gasteiger charge is 2.21. The van der Waals surface area contributed by atoms with E-state index in [0.29, 0.717) is 29.4 Å². The summed E-state index contributed by atoms with van der Waals surface area (Å²) in [5.41, 5.74) is 3.68. The number of imidazole rings is 1. The van der Waals surface area contributed by atoms with Gasteiger partial charge < -0.3 is 19.1 Å². The van der Waals surface area contributed by atoms with Crippen LogP contribution in [0.2, 0.25) is 0 Å². The molecule has 1 heterocycles. The van der Waals surface area contributed by atoms with E-state index < -0.39 is 6.10 Å². The van der Waals surface area contributed by atoms with Gasteiger partial charge in [0.2, 0.25) is 0 Å². The zero-order valence-corrected chi connectivity index (χ0v) is 15.9. The molecular formula is C23H22N2O3. The van der Waals surface area contributed by atoms with Gasteiger partial charge in [-0.1, -0.05) is 48.5 Å². The molecule has 0 saturated carbocycles. The molecule has 0 bridgehead atoms. The molecule has 0 spiro atoms. The van der Waals surface area contributed by atoms with E-state index in [4.69, 9.17) is 14.5 Å². The second-order valence-corrected chi connectivity index (χ2v) is 6.55. The maximum absolute atomic E-state index is 11.2. The first kappa shape index (κ1) is 18.1. The fourth-order valence-corrected chi connectivity index (χ4v) is 3.41. The fraction of sp³-hybridized carbons (Fsp3) is 0.174. The smallest absolute Gasteiger partial charge is 0.161 e. The molecule has 0 saturated heterocycles. The standard InChI is InChI=1S/C23H22N2O3/c1-27-20-13-12-17(14-21(20)28-2)22(26)23-24-18-10-6-7-11-19(18)25(23)15-16-8-4-3-5-9-16/h3-14,22,26H,15H2,1-2H3/t22-/m0/s1. The highest BCUT2D eigenvalue weighted by atomic mass is 16.5. The molecule has 1 aromatic heterocycles. The molecule has 5 nitrogen and oxygen atoms in total. The summed E-state index contributed by atoms with van der Waals surface area (Å²) < 4.78 is 12.7. The lowest BCUT2D eigenvalue weighted by molar-refractivity contribution is 0.205. The molecule has 1 N–H and O–H groups in total. The lowest BCUT2D eigenvalue weighted by Crippen LogP contribution is -2.11. The van der Waals surface area contributed by atoms with Crippen molar-refractivity contribution in [1.29, 1.82) is 0 Å². The Kier molecular flexibility index (Phi) is 5.00.